The molecule has 2 aliphatic heterocycles. The quantitative estimate of drug-likeness (QED) is 0.885. The van der Waals surface area contributed by atoms with E-state index in [0.717, 1.165) is 42.6 Å². The molecular formula is C19H23N3O3S. The number of benzene rings is 2. The predicted molar refractivity (Wildman–Crippen MR) is 103 cm³/mol. The van der Waals surface area contributed by atoms with Crippen LogP contribution in [0.1, 0.15) is 0 Å². The van der Waals surface area contributed by atoms with Crippen LogP contribution < -0.4 is 10.2 Å². The second kappa shape index (κ2) is 6.81. The summed E-state index contributed by atoms with van der Waals surface area (Å²) in [6, 6.07) is 11.4. The van der Waals surface area contributed by atoms with Gasteiger partial charge in [0.25, 0.3) is 0 Å². The van der Waals surface area contributed by atoms with E-state index >= 15 is 0 Å². The molecule has 7 heteroatoms. The summed E-state index contributed by atoms with van der Waals surface area (Å²) in [5, 5.41) is 4.65. The summed E-state index contributed by atoms with van der Waals surface area (Å²) in [4.78, 5) is 4.86. The van der Waals surface area contributed by atoms with Crippen molar-refractivity contribution in [1.82, 2.24) is 10.2 Å². The number of anilines is 1. The van der Waals surface area contributed by atoms with E-state index in [-0.39, 0.29) is 5.09 Å². The molecule has 0 amide bonds. The molecule has 2 heterocycles. The third kappa shape index (κ3) is 3.01. The van der Waals surface area contributed by atoms with Crippen LogP contribution in [0.3, 0.4) is 0 Å². The minimum Gasteiger partial charge on any atom is -0.480 e. The van der Waals surface area contributed by atoms with E-state index in [1.165, 1.54) is 6.20 Å². The highest BCUT2D eigenvalue weighted by atomic mass is 32.2. The van der Waals surface area contributed by atoms with Crippen molar-refractivity contribution in [3.8, 4) is 0 Å². The summed E-state index contributed by atoms with van der Waals surface area (Å²) in [5.74, 6) is 0. The van der Waals surface area contributed by atoms with Gasteiger partial charge in [0.15, 0.2) is 0 Å². The zero-order valence-electron chi connectivity index (χ0n) is 14.8. The number of fused-ring (bicyclic) bond motifs is 1. The van der Waals surface area contributed by atoms with Gasteiger partial charge in [-0.05, 0) is 24.6 Å². The lowest BCUT2D eigenvalue weighted by molar-refractivity contribution is 0.220. The number of nitrogens with one attached hydrogen (secondary N) is 1. The van der Waals surface area contributed by atoms with Crippen LogP contribution in [0.2, 0.25) is 0 Å². The molecule has 0 saturated carbocycles. The van der Waals surface area contributed by atoms with Gasteiger partial charge in [-0.2, -0.15) is 0 Å². The van der Waals surface area contributed by atoms with Gasteiger partial charge in [-0.3, -0.25) is 0 Å². The Morgan fingerprint density at radius 2 is 1.77 bits per heavy atom. The number of likely N-dealkylation sites (N-methyl/N-ethyl adjacent to an activating group) is 1. The van der Waals surface area contributed by atoms with E-state index in [0.29, 0.717) is 18.0 Å². The number of nitrogens with zero attached hydrogens (tertiary/aromatic N) is 2. The van der Waals surface area contributed by atoms with Crippen LogP contribution in [0.15, 0.2) is 52.6 Å². The van der Waals surface area contributed by atoms with Gasteiger partial charge in [0.2, 0.25) is 14.9 Å². The molecular weight excluding hydrogens is 350 g/mol. The lowest BCUT2D eigenvalue weighted by atomic mass is 10.1. The molecule has 2 aliphatic rings. The third-order valence-corrected chi connectivity index (χ3v) is 6.64. The molecule has 0 aliphatic carbocycles. The molecule has 4 rings (SSSR count). The first kappa shape index (κ1) is 17.2. The third-order valence-electron chi connectivity index (χ3n) is 4.95. The summed E-state index contributed by atoms with van der Waals surface area (Å²) < 4.78 is 31.9. The number of hydrogen-bond donors (Lipinski definition) is 1. The fourth-order valence-corrected chi connectivity index (χ4v) is 4.94. The van der Waals surface area contributed by atoms with Crippen molar-refractivity contribution in [2.75, 3.05) is 51.3 Å². The Bertz CT molecular complexity index is 942. The van der Waals surface area contributed by atoms with Crippen molar-refractivity contribution in [2.24, 2.45) is 0 Å². The highest BCUT2D eigenvalue weighted by molar-refractivity contribution is 7.95. The monoisotopic (exact) mass is 373 g/mol. The van der Waals surface area contributed by atoms with Gasteiger partial charge in [0, 0.05) is 43.8 Å². The van der Waals surface area contributed by atoms with Crippen molar-refractivity contribution >= 4 is 26.3 Å². The maximum absolute atomic E-state index is 13.2. The summed E-state index contributed by atoms with van der Waals surface area (Å²) in [7, 11) is -1.61. The average molecular weight is 373 g/mol. The molecule has 0 atom stereocenters. The standard InChI is InChI=1S/C19H23N3O3S/c1-21-9-11-22(12-10-21)16-6-2-4-15-5-3-7-17(19(15)16)26(23,24)18-14-20-8-13-25-18/h2-7,14,20H,8-13H2,1H3. The number of ether oxygens (including phenoxy) is 1. The van der Waals surface area contributed by atoms with Crippen molar-refractivity contribution in [3.63, 3.8) is 0 Å². The Morgan fingerprint density at radius 1 is 1.04 bits per heavy atom. The molecule has 0 aromatic heterocycles. The Morgan fingerprint density at radius 3 is 2.46 bits per heavy atom. The van der Waals surface area contributed by atoms with E-state index in [2.05, 4.69) is 22.2 Å². The molecule has 1 fully saturated rings. The molecule has 0 radical (unpaired) electrons. The Balaban J connectivity index is 1.87. The maximum atomic E-state index is 13.2. The molecule has 0 unspecified atom stereocenters. The Labute approximate surface area is 154 Å². The van der Waals surface area contributed by atoms with Crippen molar-refractivity contribution < 1.29 is 13.2 Å². The van der Waals surface area contributed by atoms with Crippen LogP contribution in [0, 0.1) is 0 Å². The zero-order chi connectivity index (χ0) is 18.1. The van der Waals surface area contributed by atoms with Crippen LogP contribution in [0.25, 0.3) is 10.8 Å². The molecule has 26 heavy (non-hydrogen) atoms. The highest BCUT2D eigenvalue weighted by Crippen LogP contribution is 2.35. The van der Waals surface area contributed by atoms with E-state index in [1.54, 1.807) is 12.1 Å². The molecule has 6 nitrogen and oxygen atoms in total. The van der Waals surface area contributed by atoms with Crippen LogP contribution in [0.5, 0.6) is 0 Å². The highest BCUT2D eigenvalue weighted by Gasteiger charge is 2.28. The number of piperazine rings is 1. The van der Waals surface area contributed by atoms with Gasteiger partial charge >= 0.3 is 0 Å². The van der Waals surface area contributed by atoms with E-state index in [9.17, 15) is 8.42 Å². The summed E-state index contributed by atoms with van der Waals surface area (Å²) >= 11 is 0. The smallest absolute Gasteiger partial charge is 0.241 e. The predicted octanol–water partition coefficient (Wildman–Crippen LogP) is 1.78. The molecule has 2 aromatic rings. The lowest BCUT2D eigenvalue weighted by Gasteiger charge is -2.35. The number of hydrogen-bond acceptors (Lipinski definition) is 6. The SMILES string of the molecule is CN1CCN(c2cccc3cccc(S(=O)(=O)C4=CNCCO4)c23)CC1. The van der Waals surface area contributed by atoms with Crippen LogP contribution in [-0.4, -0.2) is 59.7 Å². The molecule has 0 spiro atoms. The van der Waals surface area contributed by atoms with Gasteiger partial charge in [0.05, 0.1) is 11.1 Å². The van der Waals surface area contributed by atoms with Crippen molar-refractivity contribution in [1.29, 1.82) is 0 Å². The summed E-state index contributed by atoms with van der Waals surface area (Å²) in [5.41, 5.74) is 0.971. The van der Waals surface area contributed by atoms with Gasteiger partial charge in [-0.1, -0.05) is 24.3 Å². The largest absolute Gasteiger partial charge is 0.480 e. The van der Waals surface area contributed by atoms with E-state index < -0.39 is 9.84 Å². The Kier molecular flexibility index (Phi) is 4.50. The molecule has 138 valence electrons. The second-order valence-corrected chi connectivity index (χ2v) is 8.54. The van der Waals surface area contributed by atoms with Crippen molar-refractivity contribution in [3.05, 3.63) is 47.7 Å². The molecule has 1 saturated heterocycles. The van der Waals surface area contributed by atoms with Crippen molar-refractivity contribution in [2.45, 2.75) is 4.90 Å². The molecule has 1 N–H and O–H groups in total. The van der Waals surface area contributed by atoms with Crippen LogP contribution >= 0.6 is 0 Å². The second-order valence-electron chi connectivity index (χ2n) is 6.69. The van der Waals surface area contributed by atoms with Gasteiger partial charge in [-0.25, -0.2) is 8.42 Å². The van der Waals surface area contributed by atoms with E-state index in [1.807, 2.05) is 24.3 Å². The van der Waals surface area contributed by atoms with E-state index in [4.69, 9.17) is 4.74 Å². The number of rotatable bonds is 3. The fourth-order valence-electron chi connectivity index (χ4n) is 3.49. The minimum absolute atomic E-state index is 0.00979. The maximum Gasteiger partial charge on any atom is 0.241 e. The molecule has 2 aromatic carbocycles. The topological polar surface area (TPSA) is 61.9 Å². The normalized spacial score (nSPS) is 19.0. The first-order valence-electron chi connectivity index (χ1n) is 8.84. The molecule has 0 bridgehead atoms. The fraction of sp³-hybridized carbons (Fsp3) is 0.368. The van der Waals surface area contributed by atoms with Crippen LogP contribution in [-0.2, 0) is 14.6 Å². The first-order chi connectivity index (χ1) is 12.6. The number of sulfone groups is 1. The first-order valence-corrected chi connectivity index (χ1v) is 10.3. The van der Waals surface area contributed by atoms with Gasteiger partial charge < -0.3 is 19.9 Å². The summed E-state index contributed by atoms with van der Waals surface area (Å²) in [6.45, 7) is 4.64. The van der Waals surface area contributed by atoms with Crippen LogP contribution in [0.4, 0.5) is 5.69 Å². The minimum atomic E-state index is -3.72. The lowest BCUT2D eigenvalue weighted by Crippen LogP contribution is -2.44. The average Bonchev–Trinajstić information content (AvgIpc) is 2.68. The Hall–Kier alpha value is -2.25. The van der Waals surface area contributed by atoms with Gasteiger partial charge in [-0.15, -0.1) is 0 Å². The van der Waals surface area contributed by atoms with Gasteiger partial charge in [0.1, 0.15) is 6.61 Å². The zero-order valence-corrected chi connectivity index (χ0v) is 15.6. The summed E-state index contributed by atoms with van der Waals surface area (Å²) in [6.07, 6.45) is 1.45.